The lowest BCUT2D eigenvalue weighted by Gasteiger charge is -2.27. The van der Waals surface area contributed by atoms with Gasteiger partial charge in [-0.15, -0.1) is 0 Å². The molecule has 9 heteroatoms. The van der Waals surface area contributed by atoms with Crippen molar-refractivity contribution in [2.45, 2.75) is 63.6 Å². The third kappa shape index (κ3) is 7.51. The summed E-state index contributed by atoms with van der Waals surface area (Å²) in [5.74, 6) is 0.611. The molecule has 0 unspecified atom stereocenters. The Bertz CT molecular complexity index is 887. The number of sulfone groups is 1. The van der Waals surface area contributed by atoms with E-state index in [1.807, 2.05) is 26.8 Å². The first-order valence-electron chi connectivity index (χ1n) is 10.1. The van der Waals surface area contributed by atoms with Crippen molar-refractivity contribution in [2.75, 3.05) is 26.4 Å². The van der Waals surface area contributed by atoms with E-state index in [-0.39, 0.29) is 12.1 Å². The van der Waals surface area contributed by atoms with Gasteiger partial charge < -0.3 is 20.3 Å². The lowest BCUT2D eigenvalue weighted by molar-refractivity contribution is 0.0238. The first kappa shape index (κ1) is 24.0. The van der Waals surface area contributed by atoms with Crippen molar-refractivity contribution in [3.63, 3.8) is 0 Å². The Kier molecular flexibility index (Phi) is 7.74. The van der Waals surface area contributed by atoms with E-state index >= 15 is 0 Å². The Morgan fingerprint density at radius 3 is 2.43 bits per heavy atom. The fourth-order valence-electron chi connectivity index (χ4n) is 3.07. The molecular weight excluding hydrogens is 404 g/mol. The molecule has 0 heterocycles. The summed E-state index contributed by atoms with van der Waals surface area (Å²) in [7, 11) is -1.55. The van der Waals surface area contributed by atoms with Gasteiger partial charge in [-0.25, -0.2) is 13.2 Å². The lowest BCUT2D eigenvalue weighted by atomic mass is 10.1. The number of carbonyl (C=O) groups is 1. The molecular formula is C21H34N4O4S. The Morgan fingerprint density at radius 2 is 1.93 bits per heavy atom. The van der Waals surface area contributed by atoms with Crippen LogP contribution >= 0.6 is 0 Å². The van der Waals surface area contributed by atoms with E-state index in [9.17, 15) is 13.2 Å². The number of nitrogens with one attached hydrogen (secondary N) is 2. The van der Waals surface area contributed by atoms with E-state index < -0.39 is 15.4 Å². The van der Waals surface area contributed by atoms with E-state index in [0.717, 1.165) is 24.0 Å². The molecule has 30 heavy (non-hydrogen) atoms. The van der Waals surface area contributed by atoms with Crippen LogP contribution in [0, 0.1) is 6.92 Å². The molecule has 1 aromatic rings. The smallest absolute Gasteiger partial charge is 0.410 e. The minimum Gasteiger partial charge on any atom is -0.444 e. The van der Waals surface area contributed by atoms with E-state index in [4.69, 9.17) is 4.74 Å². The normalized spacial score (nSPS) is 14.9. The number of hydrogen-bond acceptors (Lipinski definition) is 5. The number of ether oxygens (including phenoxy) is 1. The third-order valence-corrected chi connectivity index (χ3v) is 5.84. The third-order valence-electron chi connectivity index (χ3n) is 4.58. The summed E-state index contributed by atoms with van der Waals surface area (Å²) < 4.78 is 29.0. The van der Waals surface area contributed by atoms with Crippen molar-refractivity contribution in [1.82, 2.24) is 15.5 Å². The molecule has 0 spiro atoms. The number of rotatable bonds is 7. The van der Waals surface area contributed by atoms with E-state index in [0.29, 0.717) is 30.5 Å². The average Bonchev–Trinajstić information content (AvgIpc) is 3.43. The van der Waals surface area contributed by atoms with Crippen LogP contribution in [0.3, 0.4) is 0 Å². The molecule has 1 saturated carbocycles. The average molecular weight is 439 g/mol. The maximum Gasteiger partial charge on any atom is 0.410 e. The largest absolute Gasteiger partial charge is 0.444 e. The number of guanidine groups is 1. The minimum atomic E-state index is -3.23. The zero-order valence-corrected chi connectivity index (χ0v) is 19.6. The number of amides is 1. The first-order chi connectivity index (χ1) is 13.9. The fraction of sp³-hybridized carbons (Fsp3) is 0.619. The molecule has 1 aliphatic rings. The molecule has 8 nitrogen and oxygen atoms in total. The van der Waals surface area contributed by atoms with Crippen LogP contribution in [-0.4, -0.2) is 63.4 Å². The van der Waals surface area contributed by atoms with Gasteiger partial charge in [0.25, 0.3) is 0 Å². The number of carbonyl (C=O) groups excluding carboxylic acids is 1. The van der Waals surface area contributed by atoms with Gasteiger partial charge in [0.1, 0.15) is 5.60 Å². The molecule has 1 fully saturated rings. The molecule has 1 aromatic carbocycles. The molecule has 0 saturated heterocycles. The second kappa shape index (κ2) is 9.68. The molecule has 0 atom stereocenters. The molecule has 1 aliphatic carbocycles. The molecule has 0 bridgehead atoms. The number of nitrogens with zero attached hydrogens (tertiary/aromatic N) is 2. The zero-order chi connectivity index (χ0) is 22.5. The summed E-state index contributed by atoms with van der Waals surface area (Å²) in [6, 6.07) is 5.54. The zero-order valence-electron chi connectivity index (χ0n) is 18.8. The van der Waals surface area contributed by atoms with Gasteiger partial charge in [-0.2, -0.15) is 0 Å². The van der Waals surface area contributed by atoms with Crippen LogP contribution in [0.1, 0.15) is 44.7 Å². The SMILES string of the molecule is CN=C(NCCN(C(=O)OC(C)(C)C)C1CC1)NCc1ccc(S(C)(=O)=O)c(C)c1. The van der Waals surface area contributed by atoms with Gasteiger partial charge in [0.2, 0.25) is 0 Å². The van der Waals surface area contributed by atoms with Crippen LogP contribution < -0.4 is 10.6 Å². The maximum atomic E-state index is 12.4. The molecule has 168 valence electrons. The van der Waals surface area contributed by atoms with Crippen LogP contribution in [0.15, 0.2) is 28.1 Å². The van der Waals surface area contributed by atoms with Crippen molar-refractivity contribution in [2.24, 2.45) is 4.99 Å². The molecule has 0 aromatic heterocycles. The van der Waals surface area contributed by atoms with E-state index in [1.165, 1.54) is 6.26 Å². The van der Waals surface area contributed by atoms with Gasteiger partial charge in [-0.05, 0) is 57.7 Å². The summed E-state index contributed by atoms with van der Waals surface area (Å²) in [5, 5.41) is 6.43. The summed E-state index contributed by atoms with van der Waals surface area (Å²) in [4.78, 5) is 18.7. The van der Waals surface area contributed by atoms with Crippen molar-refractivity contribution in [1.29, 1.82) is 0 Å². The van der Waals surface area contributed by atoms with E-state index in [2.05, 4.69) is 15.6 Å². The second-order valence-electron chi connectivity index (χ2n) is 8.63. The summed E-state index contributed by atoms with van der Waals surface area (Å²) in [5.41, 5.74) is 1.16. The topological polar surface area (TPSA) is 100 Å². The highest BCUT2D eigenvalue weighted by Crippen LogP contribution is 2.28. The van der Waals surface area contributed by atoms with Gasteiger partial charge in [0.15, 0.2) is 15.8 Å². The highest BCUT2D eigenvalue weighted by molar-refractivity contribution is 7.90. The van der Waals surface area contributed by atoms with E-state index in [1.54, 1.807) is 31.0 Å². The lowest BCUT2D eigenvalue weighted by Crippen LogP contribution is -2.45. The van der Waals surface area contributed by atoms with Crippen LogP contribution in [0.4, 0.5) is 4.79 Å². The van der Waals surface area contributed by atoms with Crippen molar-refractivity contribution in [3.8, 4) is 0 Å². The monoisotopic (exact) mass is 438 g/mol. The fourth-order valence-corrected chi connectivity index (χ4v) is 4.03. The predicted molar refractivity (Wildman–Crippen MR) is 118 cm³/mol. The standard InChI is InChI=1S/C21H34N4O4S/c1-15-13-16(7-10-18(15)30(6,27)28)14-24-19(22-5)23-11-12-25(17-8-9-17)20(26)29-21(2,3)4/h7,10,13,17H,8-9,11-12,14H2,1-6H3,(H2,22,23,24). The Labute approximate surface area is 180 Å². The maximum absolute atomic E-state index is 12.4. The number of aliphatic imine (C=N–C) groups is 1. The quantitative estimate of drug-likeness (QED) is 0.501. The highest BCUT2D eigenvalue weighted by atomic mass is 32.2. The molecule has 2 N–H and O–H groups in total. The van der Waals surface area contributed by atoms with Crippen molar-refractivity contribution >= 4 is 21.9 Å². The Hall–Kier alpha value is -2.29. The molecule has 0 aliphatic heterocycles. The first-order valence-corrected chi connectivity index (χ1v) is 12.0. The van der Waals surface area contributed by atoms with Gasteiger partial charge in [0.05, 0.1) is 4.90 Å². The van der Waals surface area contributed by atoms with Gasteiger partial charge >= 0.3 is 6.09 Å². The Morgan fingerprint density at radius 1 is 1.27 bits per heavy atom. The van der Waals surface area contributed by atoms with Crippen molar-refractivity contribution < 1.29 is 17.9 Å². The van der Waals surface area contributed by atoms with Crippen molar-refractivity contribution in [3.05, 3.63) is 29.3 Å². The summed E-state index contributed by atoms with van der Waals surface area (Å²) >= 11 is 0. The van der Waals surface area contributed by atoms with Crippen LogP contribution in [0.25, 0.3) is 0 Å². The van der Waals surface area contributed by atoms with Gasteiger partial charge in [-0.1, -0.05) is 12.1 Å². The summed E-state index contributed by atoms with van der Waals surface area (Å²) in [6.45, 7) is 8.96. The molecule has 2 rings (SSSR count). The minimum absolute atomic E-state index is 0.257. The summed E-state index contributed by atoms with van der Waals surface area (Å²) in [6.07, 6.45) is 2.95. The van der Waals surface area contributed by atoms with Crippen LogP contribution in [0.2, 0.25) is 0 Å². The molecule has 1 amide bonds. The Balaban J connectivity index is 1.86. The number of aryl methyl sites for hydroxylation is 1. The van der Waals surface area contributed by atoms with Crippen LogP contribution in [-0.2, 0) is 21.1 Å². The number of hydrogen-bond donors (Lipinski definition) is 2. The predicted octanol–water partition coefficient (Wildman–Crippen LogP) is 2.46. The molecule has 0 radical (unpaired) electrons. The second-order valence-corrected chi connectivity index (χ2v) is 10.6. The number of benzene rings is 1. The highest BCUT2D eigenvalue weighted by Gasteiger charge is 2.34. The van der Waals surface area contributed by atoms with Gasteiger partial charge in [-0.3, -0.25) is 4.99 Å². The van der Waals surface area contributed by atoms with Crippen LogP contribution in [0.5, 0.6) is 0 Å². The van der Waals surface area contributed by atoms with Gasteiger partial charge in [0, 0.05) is 39.0 Å².